The van der Waals surface area contributed by atoms with Gasteiger partial charge in [-0.1, -0.05) is 36.4 Å². The molecule has 1 heterocycles. The van der Waals surface area contributed by atoms with Gasteiger partial charge in [-0.3, -0.25) is 4.68 Å². The summed E-state index contributed by atoms with van der Waals surface area (Å²) in [6.45, 7) is 1.75. The quantitative estimate of drug-likeness (QED) is 0.702. The number of nitrogens with one attached hydrogen (secondary N) is 1. The molecule has 0 saturated carbocycles. The molecule has 0 saturated heterocycles. The highest BCUT2D eigenvalue weighted by Gasteiger charge is 2.03. The Labute approximate surface area is 140 Å². The average Bonchev–Trinajstić information content (AvgIpc) is 3.04. The predicted molar refractivity (Wildman–Crippen MR) is 90.6 cm³/mol. The molecule has 1 aromatic heterocycles. The summed E-state index contributed by atoms with van der Waals surface area (Å²) >= 11 is 0. The maximum Gasteiger partial charge on any atom is 0.128 e. The molecule has 0 bridgehead atoms. The Morgan fingerprint density at radius 2 is 1.79 bits per heavy atom. The Kier molecular flexibility index (Phi) is 5.36. The summed E-state index contributed by atoms with van der Waals surface area (Å²) in [5, 5.41) is 16.8. The molecule has 2 N–H and O–H groups in total. The Morgan fingerprint density at radius 3 is 2.58 bits per heavy atom. The van der Waals surface area contributed by atoms with Crippen LogP contribution in [0.5, 0.6) is 0 Å². The smallest absolute Gasteiger partial charge is 0.128 e. The fourth-order valence-corrected chi connectivity index (χ4v) is 2.57. The van der Waals surface area contributed by atoms with Gasteiger partial charge in [0.1, 0.15) is 5.82 Å². The van der Waals surface area contributed by atoms with Crippen LogP contribution in [-0.2, 0) is 26.2 Å². The third-order valence-electron chi connectivity index (χ3n) is 3.81. The number of benzene rings is 2. The van der Waals surface area contributed by atoms with Crippen LogP contribution < -0.4 is 5.32 Å². The molecule has 124 valence electrons. The van der Waals surface area contributed by atoms with Crippen molar-refractivity contribution in [2.45, 2.75) is 26.2 Å². The molecule has 0 radical (unpaired) electrons. The van der Waals surface area contributed by atoms with Gasteiger partial charge in [-0.2, -0.15) is 5.10 Å². The molecular weight excluding hydrogens is 305 g/mol. The zero-order valence-corrected chi connectivity index (χ0v) is 13.3. The van der Waals surface area contributed by atoms with Gasteiger partial charge in [-0.15, -0.1) is 0 Å². The molecule has 3 aromatic rings. The number of hydrogen-bond acceptors (Lipinski definition) is 3. The Hall–Kier alpha value is -2.50. The number of nitrogens with zero attached hydrogens (tertiary/aromatic N) is 2. The summed E-state index contributed by atoms with van der Waals surface area (Å²) in [5.74, 6) is -0.372. The van der Waals surface area contributed by atoms with Gasteiger partial charge in [0, 0.05) is 30.4 Å². The molecule has 2 aromatic carbocycles. The zero-order valence-electron chi connectivity index (χ0n) is 13.3. The van der Waals surface area contributed by atoms with Gasteiger partial charge in [0.25, 0.3) is 0 Å². The minimum atomic E-state index is -0.372. The lowest BCUT2D eigenvalue weighted by molar-refractivity contribution is 0.275. The molecule has 0 unspecified atom stereocenters. The third kappa shape index (κ3) is 4.28. The Bertz CT molecular complexity index is 786. The standard InChI is InChI=1S/C19H20FN3O/c20-19-7-6-16(8-18(19)14-24)9-21-10-17-11-22-23(13-17)12-15-4-2-1-3-5-15/h1-8,11,13,21,24H,9-10,12,14H2. The number of rotatable bonds is 7. The van der Waals surface area contributed by atoms with Crippen molar-refractivity contribution in [3.8, 4) is 0 Å². The lowest BCUT2D eigenvalue weighted by atomic mass is 10.1. The topological polar surface area (TPSA) is 50.1 Å². The van der Waals surface area contributed by atoms with Gasteiger partial charge in [-0.25, -0.2) is 4.39 Å². The molecule has 5 heteroatoms. The van der Waals surface area contributed by atoms with Crippen molar-refractivity contribution >= 4 is 0 Å². The van der Waals surface area contributed by atoms with Crippen molar-refractivity contribution in [2.75, 3.05) is 0 Å². The van der Waals surface area contributed by atoms with Crippen molar-refractivity contribution in [1.29, 1.82) is 0 Å². The van der Waals surface area contributed by atoms with E-state index in [1.165, 1.54) is 11.6 Å². The molecule has 0 amide bonds. The molecule has 0 spiro atoms. The van der Waals surface area contributed by atoms with Crippen LogP contribution in [0.15, 0.2) is 60.9 Å². The van der Waals surface area contributed by atoms with Gasteiger partial charge in [0.15, 0.2) is 0 Å². The molecule has 0 aliphatic carbocycles. The van der Waals surface area contributed by atoms with E-state index < -0.39 is 0 Å². The summed E-state index contributed by atoms with van der Waals surface area (Å²) in [6.07, 6.45) is 3.86. The number of hydrogen-bond donors (Lipinski definition) is 2. The van der Waals surface area contributed by atoms with Crippen molar-refractivity contribution in [2.24, 2.45) is 0 Å². The van der Waals surface area contributed by atoms with E-state index in [0.717, 1.165) is 17.7 Å². The van der Waals surface area contributed by atoms with E-state index in [1.807, 2.05) is 35.3 Å². The van der Waals surface area contributed by atoms with Crippen LogP contribution in [0.4, 0.5) is 4.39 Å². The van der Waals surface area contributed by atoms with Gasteiger partial charge in [0.05, 0.1) is 19.3 Å². The second-order valence-electron chi connectivity index (χ2n) is 5.72. The first-order valence-corrected chi connectivity index (χ1v) is 7.89. The average molecular weight is 325 g/mol. The highest BCUT2D eigenvalue weighted by atomic mass is 19.1. The van der Waals surface area contributed by atoms with E-state index in [2.05, 4.69) is 22.5 Å². The fourth-order valence-electron chi connectivity index (χ4n) is 2.57. The summed E-state index contributed by atoms with van der Waals surface area (Å²) in [6, 6.07) is 15.0. The number of aliphatic hydroxyl groups excluding tert-OH is 1. The summed E-state index contributed by atoms with van der Waals surface area (Å²) in [7, 11) is 0. The predicted octanol–water partition coefficient (Wildman–Crippen LogP) is 2.85. The van der Waals surface area contributed by atoms with Crippen molar-refractivity contribution < 1.29 is 9.50 Å². The summed E-state index contributed by atoms with van der Waals surface area (Å²) < 4.78 is 15.3. The normalized spacial score (nSPS) is 10.9. The first-order chi connectivity index (χ1) is 11.7. The highest BCUT2D eigenvalue weighted by molar-refractivity contribution is 5.24. The van der Waals surface area contributed by atoms with Crippen molar-refractivity contribution in [1.82, 2.24) is 15.1 Å². The summed E-state index contributed by atoms with van der Waals surface area (Å²) in [5.41, 5.74) is 3.57. The van der Waals surface area contributed by atoms with Crippen LogP contribution in [0.3, 0.4) is 0 Å². The maximum absolute atomic E-state index is 13.3. The van der Waals surface area contributed by atoms with Gasteiger partial charge < -0.3 is 10.4 Å². The monoisotopic (exact) mass is 325 g/mol. The first kappa shape index (κ1) is 16.4. The molecule has 0 aliphatic heterocycles. The third-order valence-corrected chi connectivity index (χ3v) is 3.81. The number of aliphatic hydroxyl groups is 1. The number of aromatic nitrogens is 2. The molecule has 0 fully saturated rings. The molecule has 3 rings (SSSR count). The lowest BCUT2D eigenvalue weighted by Gasteiger charge is -2.06. The molecular formula is C19H20FN3O. The van der Waals surface area contributed by atoms with Crippen molar-refractivity contribution in [3.63, 3.8) is 0 Å². The highest BCUT2D eigenvalue weighted by Crippen LogP contribution is 2.11. The molecule has 4 nitrogen and oxygen atoms in total. The first-order valence-electron chi connectivity index (χ1n) is 7.89. The van der Waals surface area contributed by atoms with Crippen LogP contribution in [-0.4, -0.2) is 14.9 Å². The Morgan fingerprint density at radius 1 is 1.00 bits per heavy atom. The second-order valence-corrected chi connectivity index (χ2v) is 5.72. The van der Waals surface area contributed by atoms with E-state index in [-0.39, 0.29) is 12.4 Å². The minimum Gasteiger partial charge on any atom is -0.392 e. The van der Waals surface area contributed by atoms with Gasteiger partial charge >= 0.3 is 0 Å². The summed E-state index contributed by atoms with van der Waals surface area (Å²) in [4.78, 5) is 0. The molecule has 0 aliphatic rings. The Balaban J connectivity index is 1.52. The molecule has 24 heavy (non-hydrogen) atoms. The van der Waals surface area contributed by atoms with Gasteiger partial charge in [0.2, 0.25) is 0 Å². The van der Waals surface area contributed by atoms with Crippen LogP contribution in [0.1, 0.15) is 22.3 Å². The molecule has 0 atom stereocenters. The fraction of sp³-hybridized carbons (Fsp3) is 0.211. The van der Waals surface area contributed by atoms with Crippen LogP contribution in [0.25, 0.3) is 0 Å². The number of halogens is 1. The largest absolute Gasteiger partial charge is 0.392 e. The van der Waals surface area contributed by atoms with Crippen LogP contribution >= 0.6 is 0 Å². The second kappa shape index (κ2) is 7.86. The SMILES string of the molecule is OCc1cc(CNCc2cnn(Cc3ccccc3)c2)ccc1F. The van der Waals surface area contributed by atoms with E-state index >= 15 is 0 Å². The van der Waals surface area contributed by atoms with Crippen molar-refractivity contribution in [3.05, 3.63) is 89.0 Å². The maximum atomic E-state index is 13.3. The van der Waals surface area contributed by atoms with Crippen LogP contribution in [0.2, 0.25) is 0 Å². The lowest BCUT2D eigenvalue weighted by Crippen LogP contribution is -2.12. The van der Waals surface area contributed by atoms with E-state index in [9.17, 15) is 4.39 Å². The minimum absolute atomic E-state index is 0.286. The van der Waals surface area contributed by atoms with Gasteiger partial charge in [-0.05, 0) is 23.3 Å². The zero-order chi connectivity index (χ0) is 16.8. The van der Waals surface area contributed by atoms with E-state index in [0.29, 0.717) is 18.7 Å². The van der Waals surface area contributed by atoms with E-state index in [4.69, 9.17) is 5.11 Å². The van der Waals surface area contributed by atoms with Crippen LogP contribution in [0, 0.1) is 5.82 Å². The van der Waals surface area contributed by atoms with E-state index in [1.54, 1.807) is 12.1 Å².